The Balaban J connectivity index is 1.35. The third kappa shape index (κ3) is 18.8. The normalized spacial score (nSPS) is 30.9. The molecule has 22 nitrogen and oxygen atoms in total. The Morgan fingerprint density at radius 1 is 0.593 bits per heavy atom. The van der Waals surface area contributed by atoms with Crippen LogP contribution in [-0.2, 0) is 52.7 Å². The first-order chi connectivity index (χ1) is 42.8. The van der Waals surface area contributed by atoms with Gasteiger partial charge in [0.1, 0.15) is 41.8 Å². The SMILES string of the molecule is CC[C@H](C)[C@@H]1NC(=O)[C@H](C)N(C)C(=O)C[C@@H](C)N(C)C(=O)[C@H](C2CCCCC2)N(C)C(=O)C2(CCCC2)NC(=O)[C@@H]2CCCN2C(=O)[C@H](CCC2CCC(C(F)(F)F)C(Cl)C2)NC(=O)CN(C)C(=O)[C@H](CC2CCCCC2)N(C)C(=O)CN(C)C(=O)CN(C)C1=O. The second kappa shape index (κ2) is 32.9. The van der Waals surface area contributed by atoms with Gasteiger partial charge in [0.05, 0.1) is 25.6 Å². The third-order valence-electron chi connectivity index (χ3n) is 21.3. The van der Waals surface area contributed by atoms with E-state index in [1.807, 2.05) is 6.92 Å². The van der Waals surface area contributed by atoms with Gasteiger partial charge >= 0.3 is 6.18 Å². The zero-order valence-electron chi connectivity index (χ0n) is 55.9. The van der Waals surface area contributed by atoms with Crippen LogP contribution in [0.4, 0.5) is 13.2 Å². The number of hydrogen-bond donors (Lipinski definition) is 3. The van der Waals surface area contributed by atoms with Gasteiger partial charge in [0.15, 0.2) is 0 Å². The zero-order chi connectivity index (χ0) is 67.4. The van der Waals surface area contributed by atoms with Crippen molar-refractivity contribution in [1.82, 2.24) is 55.1 Å². The van der Waals surface area contributed by atoms with E-state index in [1.54, 1.807) is 27.9 Å². The van der Waals surface area contributed by atoms with Gasteiger partial charge in [-0.3, -0.25) is 52.7 Å². The van der Waals surface area contributed by atoms with Crippen molar-refractivity contribution in [3.63, 3.8) is 0 Å². The largest absolute Gasteiger partial charge is 0.393 e. The molecule has 91 heavy (non-hydrogen) atoms. The summed E-state index contributed by atoms with van der Waals surface area (Å²) in [6, 6.07) is -7.40. The van der Waals surface area contributed by atoms with Crippen molar-refractivity contribution >= 4 is 76.6 Å². The maximum atomic E-state index is 15.4. The molecule has 0 aromatic rings. The highest BCUT2D eigenvalue weighted by atomic mass is 35.5. The van der Waals surface area contributed by atoms with E-state index < -0.39 is 156 Å². The highest BCUT2D eigenvalue weighted by Gasteiger charge is 2.51. The molecule has 3 unspecified atom stereocenters. The number of hydrogen-bond acceptors (Lipinski definition) is 11. The molecule has 1 spiro atoms. The van der Waals surface area contributed by atoms with E-state index in [0.29, 0.717) is 38.5 Å². The molecule has 26 heteroatoms. The predicted molar refractivity (Wildman–Crippen MR) is 336 cm³/mol. The number of halogens is 4. The number of nitrogens with one attached hydrogen (secondary N) is 3. The van der Waals surface area contributed by atoms with Crippen LogP contribution < -0.4 is 16.0 Å². The molecule has 6 rings (SSSR count). The van der Waals surface area contributed by atoms with E-state index in [2.05, 4.69) is 16.0 Å². The van der Waals surface area contributed by atoms with Crippen LogP contribution in [0.15, 0.2) is 0 Å². The van der Waals surface area contributed by atoms with E-state index >= 15 is 14.4 Å². The minimum atomic E-state index is -4.49. The molecule has 0 bridgehead atoms. The fourth-order valence-electron chi connectivity index (χ4n) is 14.8. The van der Waals surface area contributed by atoms with Crippen LogP contribution in [0.1, 0.15) is 182 Å². The Kier molecular flexibility index (Phi) is 26.8. The van der Waals surface area contributed by atoms with E-state index in [9.17, 15) is 51.5 Å². The van der Waals surface area contributed by atoms with Gasteiger partial charge in [-0.05, 0) is 115 Å². The number of carbonyl (C=O) groups excluding carboxylic acids is 11. The van der Waals surface area contributed by atoms with Crippen molar-refractivity contribution in [3.8, 4) is 0 Å². The highest BCUT2D eigenvalue weighted by Crippen LogP contribution is 2.44. The van der Waals surface area contributed by atoms with E-state index in [0.717, 1.165) is 61.2 Å². The van der Waals surface area contributed by atoms with Gasteiger partial charge < -0.3 is 55.1 Å². The maximum Gasteiger partial charge on any atom is 0.393 e. The quantitative estimate of drug-likeness (QED) is 0.257. The lowest BCUT2D eigenvalue weighted by molar-refractivity contribution is -0.182. The summed E-state index contributed by atoms with van der Waals surface area (Å²) in [5.74, 6) is -9.00. The molecule has 11 amide bonds. The molecule has 3 N–H and O–H groups in total. The highest BCUT2D eigenvalue weighted by molar-refractivity contribution is 6.20. The van der Waals surface area contributed by atoms with Gasteiger partial charge in [0, 0.05) is 73.7 Å². The Morgan fingerprint density at radius 2 is 1.20 bits per heavy atom. The molecular formula is C65H105ClF3N11O11. The standard InChI is InChI=1S/C65H105ClF3N11O11/c1-12-40(2)55-61(89)75(7)38-53(83)73(5)39-54(84)78(10)50(36-43-22-15-13-16-23-43)60(88)74(6)37-51(81)70-48(30-28-44-27-29-46(47(66)35-44)65(67,68)69)59(87)80-33-21-26-49(80)58(86)72-64(31-19-20-32-64)63(91)79(11)56(45-24-17-14-18-25-45)62(90)76(8)41(3)34-52(82)77(9)42(4)57(85)71-55/h40-50,55-56H,12-39H2,1-11H3,(H,70,81)(H,71,85)(H,72,86)/t40-,41+,42-,44?,46?,47?,48-,49-,50-,55-,56-/m0/s1. The monoisotopic (exact) mass is 1310 g/mol. The summed E-state index contributed by atoms with van der Waals surface area (Å²) >= 11 is 6.38. The first-order valence-electron chi connectivity index (χ1n) is 33.5. The number of rotatable bonds is 8. The molecular weight excluding hydrogens is 1200 g/mol. The van der Waals surface area contributed by atoms with Crippen molar-refractivity contribution in [2.75, 3.05) is 75.5 Å². The number of nitrogens with zero attached hydrogens (tertiary/aromatic N) is 8. The van der Waals surface area contributed by atoms with E-state index in [1.165, 1.54) is 71.6 Å². The summed E-state index contributed by atoms with van der Waals surface area (Å²) in [7, 11) is 10.3. The number of carbonyl (C=O) groups is 11. The average Bonchev–Trinajstić information content (AvgIpc) is 1.80. The second-order valence-corrected chi connectivity index (χ2v) is 28.3. The molecule has 4 saturated carbocycles. The first kappa shape index (κ1) is 74.3. The summed E-state index contributed by atoms with van der Waals surface area (Å²) in [5, 5.41) is 7.54. The summed E-state index contributed by atoms with van der Waals surface area (Å²) in [4.78, 5) is 170. The lowest BCUT2D eigenvalue weighted by Crippen LogP contribution is -2.65. The van der Waals surface area contributed by atoms with Crippen LogP contribution in [-0.4, -0.2) is 239 Å². The molecule has 2 saturated heterocycles. The smallest absolute Gasteiger partial charge is 0.343 e. The number of likely N-dealkylation sites (N-methyl/N-ethyl adjacent to an activating group) is 7. The summed E-state index contributed by atoms with van der Waals surface area (Å²) in [6.45, 7) is 5.40. The Labute approximate surface area is 541 Å². The molecule has 11 atom stereocenters. The van der Waals surface area contributed by atoms with Crippen LogP contribution in [0, 0.1) is 29.6 Å². The van der Waals surface area contributed by atoms with Crippen LogP contribution >= 0.6 is 11.6 Å². The molecule has 6 aliphatic rings. The zero-order valence-corrected chi connectivity index (χ0v) is 56.6. The lowest BCUT2D eigenvalue weighted by Gasteiger charge is -2.43. The topological polar surface area (TPSA) is 250 Å². The number of amides is 11. The van der Waals surface area contributed by atoms with Gasteiger partial charge in [0.2, 0.25) is 65.0 Å². The van der Waals surface area contributed by atoms with Gasteiger partial charge in [-0.15, -0.1) is 11.6 Å². The van der Waals surface area contributed by atoms with Crippen molar-refractivity contribution in [1.29, 1.82) is 0 Å². The molecule has 514 valence electrons. The van der Waals surface area contributed by atoms with Crippen molar-refractivity contribution in [2.45, 2.75) is 241 Å². The predicted octanol–water partition coefficient (Wildman–Crippen LogP) is 5.47. The van der Waals surface area contributed by atoms with E-state index in [4.69, 9.17) is 11.6 Å². The molecule has 2 aliphatic heterocycles. The molecule has 4 aliphatic carbocycles. The molecule has 2 heterocycles. The third-order valence-corrected chi connectivity index (χ3v) is 21.8. The van der Waals surface area contributed by atoms with Crippen LogP contribution in [0.2, 0.25) is 0 Å². The minimum Gasteiger partial charge on any atom is -0.343 e. The van der Waals surface area contributed by atoms with Crippen molar-refractivity contribution in [2.24, 2.45) is 29.6 Å². The van der Waals surface area contributed by atoms with Crippen LogP contribution in [0.25, 0.3) is 0 Å². The van der Waals surface area contributed by atoms with Crippen LogP contribution in [0.5, 0.6) is 0 Å². The fourth-order valence-corrected chi connectivity index (χ4v) is 15.3. The summed E-state index contributed by atoms with van der Waals surface area (Å²) < 4.78 is 41.8. The van der Waals surface area contributed by atoms with Crippen molar-refractivity contribution < 1.29 is 65.9 Å². The second-order valence-electron chi connectivity index (χ2n) is 27.7. The van der Waals surface area contributed by atoms with E-state index in [-0.39, 0.29) is 88.5 Å². The molecule has 0 radical (unpaired) electrons. The first-order valence-corrected chi connectivity index (χ1v) is 34.0. The molecule has 0 aromatic carbocycles. The Hall–Kier alpha value is -5.75. The average molecular weight is 1310 g/mol. The Bertz CT molecular complexity index is 2600. The maximum absolute atomic E-state index is 15.4. The summed E-state index contributed by atoms with van der Waals surface area (Å²) in [5.41, 5.74) is -1.46. The number of alkyl halides is 4. The molecule has 0 aromatic heterocycles. The van der Waals surface area contributed by atoms with Gasteiger partial charge in [-0.25, -0.2) is 0 Å². The van der Waals surface area contributed by atoms with Crippen molar-refractivity contribution in [3.05, 3.63) is 0 Å². The van der Waals surface area contributed by atoms with Gasteiger partial charge in [-0.1, -0.05) is 84.5 Å². The van der Waals surface area contributed by atoms with Crippen LogP contribution in [0.3, 0.4) is 0 Å². The molecule has 6 fully saturated rings. The van der Waals surface area contributed by atoms with Gasteiger partial charge in [0.25, 0.3) is 0 Å². The minimum absolute atomic E-state index is 0.0191. The summed E-state index contributed by atoms with van der Waals surface area (Å²) in [6.07, 6.45) is 6.77. The van der Waals surface area contributed by atoms with Gasteiger partial charge in [-0.2, -0.15) is 13.2 Å². The number of fused-ring (bicyclic) bond motifs is 1. The lowest BCUT2D eigenvalue weighted by atomic mass is 9.78. The Morgan fingerprint density at radius 3 is 1.80 bits per heavy atom. The fraction of sp³-hybridized carbons (Fsp3) is 0.831.